The summed E-state index contributed by atoms with van der Waals surface area (Å²) in [7, 11) is 2.39. The lowest BCUT2D eigenvalue weighted by atomic mass is 10.2. The van der Waals surface area contributed by atoms with E-state index in [0.29, 0.717) is 0 Å². The zero-order chi connectivity index (χ0) is 10.6. The van der Waals surface area contributed by atoms with E-state index in [2.05, 4.69) is 11.9 Å². The van der Waals surface area contributed by atoms with Crippen LogP contribution in [0.2, 0.25) is 0 Å². The first-order chi connectivity index (χ1) is 6.56. The molecule has 0 atom stereocenters. The van der Waals surface area contributed by atoms with Crippen LogP contribution in [0.25, 0.3) is 0 Å². The molecule has 1 amide bonds. The van der Waals surface area contributed by atoms with E-state index in [0.717, 1.165) is 12.4 Å². The van der Waals surface area contributed by atoms with Gasteiger partial charge in [0.05, 0.1) is 26.7 Å². The van der Waals surface area contributed by atoms with Crippen molar-refractivity contribution in [2.45, 2.75) is 6.92 Å². The van der Waals surface area contributed by atoms with Crippen molar-refractivity contribution in [1.29, 1.82) is 0 Å². The second-order valence-electron chi connectivity index (χ2n) is 4.29. The molecule has 1 N–H and O–H groups in total. The summed E-state index contributed by atoms with van der Waals surface area (Å²) in [6.45, 7) is 9.36. The molecule has 0 saturated carbocycles. The summed E-state index contributed by atoms with van der Waals surface area (Å²) >= 11 is 0. The van der Waals surface area contributed by atoms with Crippen molar-refractivity contribution in [1.82, 2.24) is 10.4 Å². The highest BCUT2D eigenvalue weighted by atomic mass is 16.5. The second kappa shape index (κ2) is 4.72. The molecule has 0 aliphatic carbocycles. The maximum Gasteiger partial charge on any atom is 0.206 e. The van der Waals surface area contributed by atoms with Crippen molar-refractivity contribution < 1.29 is 9.28 Å². The molecule has 3 aliphatic heterocycles. The molecule has 3 heterocycles. The maximum absolute atomic E-state index is 9.39. The van der Waals surface area contributed by atoms with Crippen LogP contribution in [0, 0.1) is 5.21 Å². The average molecular weight is 201 g/mol. The summed E-state index contributed by atoms with van der Waals surface area (Å²) in [6.07, 6.45) is 0. The third-order valence-corrected chi connectivity index (χ3v) is 3.01. The zero-order valence-electron chi connectivity index (χ0n) is 8.95. The molecule has 0 aromatic rings. The number of carbonyl (C=O) groups is 1. The Bertz CT molecular complexity index is 186. The Morgan fingerprint density at radius 2 is 1.64 bits per heavy atom. The van der Waals surface area contributed by atoms with Gasteiger partial charge in [0.15, 0.2) is 0 Å². The van der Waals surface area contributed by atoms with Crippen LogP contribution < -0.4 is 5.48 Å². The molecule has 3 rings (SSSR count). The van der Waals surface area contributed by atoms with Gasteiger partial charge in [-0.3, -0.25) is 9.69 Å². The highest BCUT2D eigenvalue weighted by Crippen LogP contribution is 2.15. The molecule has 0 spiro atoms. The molecule has 2 bridgehead atoms. The Hall–Kier alpha value is -0.650. The van der Waals surface area contributed by atoms with Crippen LogP contribution in [0.3, 0.4) is 0 Å². The van der Waals surface area contributed by atoms with Crippen LogP contribution in [0.1, 0.15) is 6.92 Å². The molecular formula is C9H19N3O2. The highest BCUT2D eigenvalue weighted by Gasteiger charge is 2.34. The van der Waals surface area contributed by atoms with Gasteiger partial charge in [-0.2, -0.15) is 0 Å². The predicted octanol–water partition coefficient (Wildman–Crippen LogP) is -0.617. The number of piperazine rings is 3. The lowest BCUT2D eigenvalue weighted by molar-refractivity contribution is -0.922. The molecule has 3 saturated heterocycles. The summed E-state index contributed by atoms with van der Waals surface area (Å²) < 4.78 is 1.34. The van der Waals surface area contributed by atoms with Crippen molar-refractivity contribution in [3.05, 3.63) is 5.21 Å². The minimum atomic E-state index is -0.551. The van der Waals surface area contributed by atoms with E-state index < -0.39 is 5.91 Å². The molecule has 5 heteroatoms. The second-order valence-corrected chi connectivity index (χ2v) is 4.29. The SMILES string of the molecule is CC(=O)N[O-].C[N+]12CCN(CC1)CC2. The van der Waals surface area contributed by atoms with Crippen LogP contribution in [-0.2, 0) is 4.79 Å². The number of carbonyl (C=O) groups excluding carboxylic acids is 1. The minimum absolute atomic E-state index is 0.551. The Balaban J connectivity index is 0.000000171. The van der Waals surface area contributed by atoms with E-state index in [1.54, 1.807) is 0 Å². The standard InChI is InChI=1S/C7H15N2.C2H4NO2/c1-9-5-2-8(3-6-9)4-7-9;1-2(4)3-5/h2-7H2,1H3;1H3,(H-,3,4,5)/q+1;-1. The normalized spacial score (nSPS) is 34.4. The highest BCUT2D eigenvalue weighted by molar-refractivity contribution is 5.73. The molecule has 3 fully saturated rings. The van der Waals surface area contributed by atoms with Crippen LogP contribution >= 0.6 is 0 Å². The minimum Gasteiger partial charge on any atom is -0.759 e. The number of nitrogens with zero attached hydrogens (tertiary/aromatic N) is 2. The number of hydroxylamine groups is 1. The molecule has 0 aromatic carbocycles. The summed E-state index contributed by atoms with van der Waals surface area (Å²) in [5, 5.41) is 9.03. The largest absolute Gasteiger partial charge is 0.759 e. The van der Waals surface area contributed by atoms with Crippen molar-refractivity contribution in [2.24, 2.45) is 0 Å². The number of amides is 1. The van der Waals surface area contributed by atoms with Crippen LogP contribution in [0.15, 0.2) is 0 Å². The first-order valence-corrected chi connectivity index (χ1v) is 5.00. The third-order valence-electron chi connectivity index (χ3n) is 3.01. The molecule has 3 aliphatic rings. The molecule has 0 unspecified atom stereocenters. The van der Waals surface area contributed by atoms with Crippen LogP contribution in [-0.4, -0.2) is 61.6 Å². The lowest BCUT2D eigenvalue weighted by Gasteiger charge is -2.48. The molecule has 0 aromatic heterocycles. The number of quaternary nitrogens is 1. The fourth-order valence-electron chi connectivity index (χ4n) is 1.82. The Kier molecular flexibility index (Phi) is 3.86. The lowest BCUT2D eigenvalue weighted by Crippen LogP contribution is -2.65. The van der Waals surface area contributed by atoms with E-state index in [4.69, 9.17) is 5.21 Å². The van der Waals surface area contributed by atoms with E-state index >= 15 is 0 Å². The molecule has 14 heavy (non-hydrogen) atoms. The van der Waals surface area contributed by atoms with Gasteiger partial charge in [0.1, 0.15) is 0 Å². The maximum atomic E-state index is 9.39. The van der Waals surface area contributed by atoms with E-state index in [1.165, 1.54) is 43.8 Å². The average Bonchev–Trinajstić information content (AvgIpc) is 2.20. The molecule has 5 nitrogen and oxygen atoms in total. The van der Waals surface area contributed by atoms with Gasteiger partial charge in [-0.15, -0.1) is 0 Å². The van der Waals surface area contributed by atoms with Gasteiger partial charge in [-0.1, -0.05) is 0 Å². The van der Waals surface area contributed by atoms with Gasteiger partial charge in [-0.25, -0.2) is 0 Å². The Labute approximate surface area is 84.8 Å². The summed E-state index contributed by atoms with van der Waals surface area (Å²) in [5.74, 6) is -0.551. The summed E-state index contributed by atoms with van der Waals surface area (Å²) in [6, 6.07) is 0. The number of nitrogens with one attached hydrogen (secondary N) is 1. The fraction of sp³-hybridized carbons (Fsp3) is 0.889. The van der Waals surface area contributed by atoms with Crippen molar-refractivity contribution in [3.63, 3.8) is 0 Å². The smallest absolute Gasteiger partial charge is 0.206 e. The monoisotopic (exact) mass is 201 g/mol. The molecule has 82 valence electrons. The van der Waals surface area contributed by atoms with Crippen molar-refractivity contribution >= 4 is 5.91 Å². The molecular weight excluding hydrogens is 182 g/mol. The summed E-state index contributed by atoms with van der Waals surface area (Å²) in [4.78, 5) is 12.0. The van der Waals surface area contributed by atoms with Crippen LogP contribution in [0.5, 0.6) is 0 Å². The number of likely N-dealkylation sites (N-methyl/N-ethyl adjacent to an activating group) is 1. The van der Waals surface area contributed by atoms with E-state index in [9.17, 15) is 4.79 Å². The number of rotatable bonds is 0. The van der Waals surface area contributed by atoms with Crippen LogP contribution in [0.4, 0.5) is 0 Å². The molecule has 0 radical (unpaired) electrons. The van der Waals surface area contributed by atoms with Crippen molar-refractivity contribution in [2.75, 3.05) is 46.3 Å². The quantitative estimate of drug-likeness (QED) is 0.420. The van der Waals surface area contributed by atoms with Gasteiger partial charge in [0.25, 0.3) is 0 Å². The number of fused-ring (bicyclic) bond motifs is 3. The van der Waals surface area contributed by atoms with Gasteiger partial charge >= 0.3 is 0 Å². The first-order valence-electron chi connectivity index (χ1n) is 5.00. The van der Waals surface area contributed by atoms with Gasteiger partial charge in [0, 0.05) is 26.6 Å². The summed E-state index contributed by atoms with van der Waals surface area (Å²) in [5.41, 5.74) is 1.14. The van der Waals surface area contributed by atoms with Gasteiger partial charge < -0.3 is 15.2 Å². The van der Waals surface area contributed by atoms with Gasteiger partial charge in [-0.05, 0) is 0 Å². The zero-order valence-corrected chi connectivity index (χ0v) is 8.95. The fourth-order valence-corrected chi connectivity index (χ4v) is 1.82. The van der Waals surface area contributed by atoms with E-state index in [1.807, 2.05) is 0 Å². The van der Waals surface area contributed by atoms with Gasteiger partial charge in [0.2, 0.25) is 5.91 Å². The third kappa shape index (κ3) is 3.25. The van der Waals surface area contributed by atoms with E-state index in [-0.39, 0.29) is 0 Å². The predicted molar refractivity (Wildman–Crippen MR) is 54.4 cm³/mol. The first kappa shape index (κ1) is 11.4. The number of hydrogen-bond acceptors (Lipinski definition) is 3. The topological polar surface area (TPSA) is 55.4 Å². The Morgan fingerprint density at radius 3 is 1.79 bits per heavy atom. The Morgan fingerprint density at radius 1 is 1.29 bits per heavy atom. The number of hydrogen-bond donors (Lipinski definition) is 1. The van der Waals surface area contributed by atoms with Crippen molar-refractivity contribution in [3.8, 4) is 0 Å².